The molecule has 2 aromatic carbocycles. The first kappa shape index (κ1) is 32.7. The number of nitrogens with zero attached hydrogens (tertiary/aromatic N) is 2. The highest BCUT2D eigenvalue weighted by molar-refractivity contribution is 5.95. The number of rotatable bonds is 11. The van der Waals surface area contributed by atoms with Gasteiger partial charge in [0.25, 0.3) is 0 Å². The average Bonchev–Trinajstić information content (AvgIpc) is 2.99. The van der Waals surface area contributed by atoms with E-state index in [4.69, 9.17) is 15.2 Å². The summed E-state index contributed by atoms with van der Waals surface area (Å²) in [5, 5.41) is 3.00. The van der Waals surface area contributed by atoms with Gasteiger partial charge in [-0.2, -0.15) is 0 Å². The Balaban J connectivity index is 1.45. The van der Waals surface area contributed by atoms with E-state index in [9.17, 15) is 14.0 Å². The molecule has 2 amide bonds. The molecule has 2 unspecified atom stereocenters. The molecule has 1 saturated heterocycles. The second kappa shape index (κ2) is 14.5. The maximum atomic E-state index is 14.2. The van der Waals surface area contributed by atoms with Crippen molar-refractivity contribution in [1.29, 1.82) is 0 Å². The Morgan fingerprint density at radius 2 is 1.88 bits per heavy atom. The number of ether oxygens (including phenoxy) is 2. The number of nitrogen functional groups attached to an aromatic ring is 1. The molecule has 9 heteroatoms. The Morgan fingerprint density at radius 3 is 2.58 bits per heavy atom. The van der Waals surface area contributed by atoms with Crippen LogP contribution in [0.3, 0.4) is 0 Å². The number of nitrogens with two attached hydrogens (primary N) is 1. The molecule has 236 valence electrons. The van der Waals surface area contributed by atoms with Crippen LogP contribution in [0, 0.1) is 25.6 Å². The van der Waals surface area contributed by atoms with Gasteiger partial charge in [0.1, 0.15) is 11.4 Å². The molecule has 2 atom stereocenters. The van der Waals surface area contributed by atoms with E-state index in [0.717, 1.165) is 41.9 Å². The van der Waals surface area contributed by atoms with E-state index in [-0.39, 0.29) is 29.7 Å². The molecule has 8 nitrogen and oxygen atoms in total. The van der Waals surface area contributed by atoms with Crippen LogP contribution < -0.4 is 11.1 Å². The van der Waals surface area contributed by atoms with Gasteiger partial charge >= 0.3 is 6.09 Å². The lowest BCUT2D eigenvalue weighted by Gasteiger charge is -2.48. The number of benzene rings is 2. The predicted molar refractivity (Wildman–Crippen MR) is 169 cm³/mol. The Bertz CT molecular complexity index is 1280. The number of morpholine rings is 1. The maximum Gasteiger partial charge on any atom is 0.410 e. The number of carbonyl (C=O) groups is 2. The molecule has 4 rings (SSSR count). The number of hydrogen-bond acceptors (Lipinski definition) is 6. The molecule has 2 aliphatic rings. The van der Waals surface area contributed by atoms with Crippen molar-refractivity contribution in [2.45, 2.75) is 78.2 Å². The summed E-state index contributed by atoms with van der Waals surface area (Å²) in [4.78, 5) is 30.4. The number of hydrogen-bond donors (Lipinski definition) is 2. The molecule has 1 aliphatic carbocycles. The number of nitrogens with one attached hydrogen (secondary N) is 1. The van der Waals surface area contributed by atoms with E-state index in [1.807, 2.05) is 32.0 Å². The predicted octanol–water partition coefficient (Wildman–Crippen LogP) is 6.05. The number of carbonyl (C=O) groups excluding carboxylic acids is 2. The minimum Gasteiger partial charge on any atom is -0.442 e. The van der Waals surface area contributed by atoms with Crippen molar-refractivity contribution < 1.29 is 23.5 Å². The summed E-state index contributed by atoms with van der Waals surface area (Å²) in [7, 11) is 0. The third-order valence-electron chi connectivity index (χ3n) is 9.16. The zero-order chi connectivity index (χ0) is 31.1. The average molecular weight is 597 g/mol. The fourth-order valence-electron chi connectivity index (χ4n) is 6.72. The van der Waals surface area contributed by atoms with Crippen molar-refractivity contribution in [2.75, 3.05) is 57.0 Å². The normalized spacial score (nSPS) is 20.3. The van der Waals surface area contributed by atoms with Crippen LogP contribution in [0.2, 0.25) is 0 Å². The summed E-state index contributed by atoms with van der Waals surface area (Å²) in [5.74, 6) is -0.170. The SMILES string of the molecule is CCN(CCCC(=O)Nc1c(C)ccc(C)c1N)CCC1(OC(=O)N2CCOCC2)CCc2cc(F)ccc2C1C(C)C. The Kier molecular flexibility index (Phi) is 11.1. The van der Waals surface area contributed by atoms with E-state index in [2.05, 4.69) is 31.0 Å². The fraction of sp³-hybridized carbons (Fsp3) is 0.588. The first-order valence-electron chi connectivity index (χ1n) is 15.8. The Hall–Kier alpha value is -3.17. The first-order chi connectivity index (χ1) is 20.5. The lowest BCUT2D eigenvalue weighted by molar-refractivity contribution is -0.116. The zero-order valence-electron chi connectivity index (χ0n) is 26.5. The van der Waals surface area contributed by atoms with Crippen molar-refractivity contribution in [3.8, 4) is 0 Å². The second-order valence-electron chi connectivity index (χ2n) is 12.4. The van der Waals surface area contributed by atoms with E-state index < -0.39 is 5.60 Å². The molecular weight excluding hydrogens is 547 g/mol. The highest BCUT2D eigenvalue weighted by Crippen LogP contribution is 2.48. The molecule has 0 aromatic heterocycles. The van der Waals surface area contributed by atoms with Gasteiger partial charge in [-0.1, -0.05) is 39.0 Å². The van der Waals surface area contributed by atoms with Gasteiger partial charge in [0, 0.05) is 38.4 Å². The van der Waals surface area contributed by atoms with Gasteiger partial charge in [-0.25, -0.2) is 9.18 Å². The quantitative estimate of drug-likeness (QED) is 0.307. The molecule has 0 spiro atoms. The number of anilines is 2. The van der Waals surface area contributed by atoms with Crippen LogP contribution in [-0.4, -0.2) is 73.3 Å². The first-order valence-corrected chi connectivity index (χ1v) is 15.8. The van der Waals surface area contributed by atoms with Gasteiger partial charge in [-0.3, -0.25) is 4.79 Å². The van der Waals surface area contributed by atoms with Gasteiger partial charge in [-0.05, 0) is 86.5 Å². The van der Waals surface area contributed by atoms with Crippen LogP contribution in [0.15, 0.2) is 30.3 Å². The summed E-state index contributed by atoms with van der Waals surface area (Å²) in [6.45, 7) is 14.6. The van der Waals surface area contributed by atoms with E-state index in [0.29, 0.717) is 69.8 Å². The van der Waals surface area contributed by atoms with Crippen LogP contribution in [-0.2, 0) is 20.7 Å². The number of amides is 2. The zero-order valence-corrected chi connectivity index (χ0v) is 26.5. The van der Waals surface area contributed by atoms with Gasteiger partial charge < -0.3 is 30.3 Å². The molecule has 0 saturated carbocycles. The number of aryl methyl sites for hydroxylation is 3. The third kappa shape index (κ3) is 7.87. The van der Waals surface area contributed by atoms with Crippen LogP contribution >= 0.6 is 0 Å². The minimum atomic E-state index is -0.723. The van der Waals surface area contributed by atoms with Crippen molar-refractivity contribution in [3.63, 3.8) is 0 Å². The fourth-order valence-corrected chi connectivity index (χ4v) is 6.72. The second-order valence-corrected chi connectivity index (χ2v) is 12.4. The minimum absolute atomic E-state index is 0.0524. The van der Waals surface area contributed by atoms with Gasteiger partial charge in [0.05, 0.1) is 24.6 Å². The monoisotopic (exact) mass is 596 g/mol. The molecule has 1 heterocycles. The van der Waals surface area contributed by atoms with Gasteiger partial charge in [-0.15, -0.1) is 0 Å². The number of halogens is 1. The molecule has 0 bridgehead atoms. The lowest BCUT2D eigenvalue weighted by atomic mass is 9.65. The summed E-state index contributed by atoms with van der Waals surface area (Å²) in [5.41, 5.74) is 10.8. The molecule has 0 radical (unpaired) electrons. The van der Waals surface area contributed by atoms with Crippen LogP contribution in [0.25, 0.3) is 0 Å². The maximum absolute atomic E-state index is 14.2. The lowest BCUT2D eigenvalue weighted by Crippen LogP contribution is -2.52. The summed E-state index contributed by atoms with van der Waals surface area (Å²) >= 11 is 0. The van der Waals surface area contributed by atoms with Crippen LogP contribution in [0.1, 0.15) is 74.6 Å². The highest BCUT2D eigenvalue weighted by Gasteiger charge is 2.48. The van der Waals surface area contributed by atoms with Crippen molar-refractivity contribution >= 4 is 23.4 Å². The Labute approximate surface area is 256 Å². The Morgan fingerprint density at radius 1 is 1.16 bits per heavy atom. The topological polar surface area (TPSA) is 97.1 Å². The summed E-state index contributed by atoms with van der Waals surface area (Å²) < 4.78 is 26.2. The molecular formula is C34H49FN4O4. The molecule has 1 fully saturated rings. The third-order valence-corrected chi connectivity index (χ3v) is 9.16. The molecule has 43 heavy (non-hydrogen) atoms. The standard InChI is InChI=1S/C34H49FN4O4/c1-6-38(16-7-8-29(40)37-32-25(5)10-9-24(4)31(32)36)17-15-34(43-33(41)39-18-20-42-21-19-39)14-13-26-22-27(35)11-12-28(26)30(34)23(2)3/h9-12,22-23,30H,6-8,13-21,36H2,1-5H3,(H,37,40). The summed E-state index contributed by atoms with van der Waals surface area (Å²) in [6.07, 6.45) is 2.72. The summed E-state index contributed by atoms with van der Waals surface area (Å²) in [6, 6.07) is 8.95. The van der Waals surface area contributed by atoms with E-state index >= 15 is 0 Å². The van der Waals surface area contributed by atoms with Crippen LogP contribution in [0.5, 0.6) is 0 Å². The van der Waals surface area contributed by atoms with Crippen molar-refractivity contribution in [3.05, 3.63) is 58.4 Å². The highest BCUT2D eigenvalue weighted by atomic mass is 19.1. The smallest absolute Gasteiger partial charge is 0.410 e. The van der Waals surface area contributed by atoms with Gasteiger partial charge in [0.15, 0.2) is 0 Å². The van der Waals surface area contributed by atoms with Gasteiger partial charge in [0.2, 0.25) is 5.91 Å². The van der Waals surface area contributed by atoms with Crippen LogP contribution in [0.4, 0.5) is 20.6 Å². The van der Waals surface area contributed by atoms with Crippen molar-refractivity contribution in [2.24, 2.45) is 5.92 Å². The molecule has 2 aromatic rings. The largest absolute Gasteiger partial charge is 0.442 e. The van der Waals surface area contributed by atoms with Crippen molar-refractivity contribution in [1.82, 2.24) is 9.80 Å². The van der Waals surface area contributed by atoms with E-state index in [1.54, 1.807) is 11.0 Å². The molecule has 3 N–H and O–H groups in total. The molecule has 1 aliphatic heterocycles. The number of fused-ring (bicyclic) bond motifs is 1. The van der Waals surface area contributed by atoms with E-state index in [1.165, 1.54) is 6.07 Å².